The normalized spacial score (nSPS) is 12.3. The van der Waals surface area contributed by atoms with E-state index in [1.54, 1.807) is 0 Å². The van der Waals surface area contributed by atoms with Gasteiger partial charge in [-0.3, -0.25) is 10.1 Å². The van der Waals surface area contributed by atoms with Crippen LogP contribution in [0.25, 0.3) is 0 Å². The van der Waals surface area contributed by atoms with E-state index < -0.39 is 4.92 Å². The molecule has 0 saturated carbocycles. The van der Waals surface area contributed by atoms with E-state index in [4.69, 9.17) is 5.84 Å². The molecule has 1 aromatic rings. The Kier molecular flexibility index (Phi) is 5.39. The number of nitrogens with zero attached hydrogens (tertiary/aromatic N) is 4. The molecule has 0 fully saturated rings. The van der Waals surface area contributed by atoms with Crippen LogP contribution >= 0.6 is 0 Å². The summed E-state index contributed by atoms with van der Waals surface area (Å²) in [6.07, 6.45) is 2.06. The number of hydrogen-bond acceptors (Lipinski definition) is 8. The Hall–Kier alpha value is -2.00. The molecule has 0 amide bonds. The van der Waals surface area contributed by atoms with E-state index >= 15 is 0 Å². The van der Waals surface area contributed by atoms with Gasteiger partial charge in [0.2, 0.25) is 11.6 Å². The molecule has 0 bridgehead atoms. The number of hydrazine groups is 1. The number of nitro groups is 1. The first-order chi connectivity index (χ1) is 8.95. The molecular weight excluding hydrogens is 250 g/mol. The van der Waals surface area contributed by atoms with Crippen molar-refractivity contribution in [3.63, 3.8) is 0 Å². The fraction of sp³-hybridized carbons (Fsp3) is 0.600. The quantitative estimate of drug-likeness (QED) is 0.370. The second kappa shape index (κ2) is 6.81. The second-order valence-electron chi connectivity index (χ2n) is 4.46. The van der Waals surface area contributed by atoms with Crippen molar-refractivity contribution in [2.45, 2.75) is 19.4 Å². The number of anilines is 2. The fourth-order valence-electron chi connectivity index (χ4n) is 1.52. The van der Waals surface area contributed by atoms with E-state index in [9.17, 15) is 10.1 Å². The molecule has 9 nitrogen and oxygen atoms in total. The maximum absolute atomic E-state index is 11.0. The summed E-state index contributed by atoms with van der Waals surface area (Å²) in [5.74, 6) is 5.36. The molecule has 1 atom stereocenters. The van der Waals surface area contributed by atoms with Crippen LogP contribution in [-0.4, -0.2) is 46.5 Å². The molecule has 4 N–H and O–H groups in total. The van der Waals surface area contributed by atoms with Crippen LogP contribution in [0.1, 0.15) is 13.3 Å². The monoisotopic (exact) mass is 269 g/mol. The minimum Gasteiger partial charge on any atom is -0.362 e. The molecule has 0 radical (unpaired) electrons. The molecule has 0 saturated heterocycles. The van der Waals surface area contributed by atoms with Gasteiger partial charge in [-0.25, -0.2) is 15.8 Å². The number of aromatic nitrogens is 2. The van der Waals surface area contributed by atoms with E-state index in [0.717, 1.165) is 13.0 Å². The summed E-state index contributed by atoms with van der Waals surface area (Å²) in [4.78, 5) is 20.1. The largest absolute Gasteiger partial charge is 0.362 e. The van der Waals surface area contributed by atoms with Crippen LogP contribution in [-0.2, 0) is 0 Å². The number of rotatable bonds is 7. The van der Waals surface area contributed by atoms with Gasteiger partial charge in [0, 0.05) is 6.04 Å². The van der Waals surface area contributed by atoms with E-state index in [-0.39, 0.29) is 23.4 Å². The standard InChI is InChI=1S/C10H19N7O2/c1-7(4-5-16(2)3)14-9-8(17(18)19)10(15-11)13-6-12-9/h6-7H,4-5,11H2,1-3H3,(H2,12,13,14,15). The van der Waals surface area contributed by atoms with Gasteiger partial charge in [0.1, 0.15) is 6.33 Å². The Bertz CT molecular complexity index is 438. The van der Waals surface area contributed by atoms with Gasteiger partial charge in [0.15, 0.2) is 0 Å². The lowest BCUT2D eigenvalue weighted by molar-refractivity contribution is -0.383. The Labute approximate surface area is 111 Å². The molecule has 0 aliphatic rings. The van der Waals surface area contributed by atoms with Gasteiger partial charge >= 0.3 is 5.69 Å². The highest BCUT2D eigenvalue weighted by atomic mass is 16.6. The van der Waals surface area contributed by atoms with Crippen LogP contribution in [0.4, 0.5) is 17.3 Å². The lowest BCUT2D eigenvalue weighted by Gasteiger charge is -2.17. The number of nitrogens with two attached hydrogens (primary N) is 1. The Balaban J connectivity index is 2.85. The minimum absolute atomic E-state index is 0.0118. The lowest BCUT2D eigenvalue weighted by atomic mass is 10.2. The average Bonchev–Trinajstić information content (AvgIpc) is 2.35. The molecule has 0 aliphatic heterocycles. The number of nitrogens with one attached hydrogen (secondary N) is 2. The third-order valence-electron chi connectivity index (χ3n) is 2.53. The molecule has 106 valence electrons. The van der Waals surface area contributed by atoms with Crippen molar-refractivity contribution in [2.75, 3.05) is 31.4 Å². The van der Waals surface area contributed by atoms with E-state index in [1.807, 2.05) is 25.9 Å². The summed E-state index contributed by atoms with van der Waals surface area (Å²) in [5.41, 5.74) is 1.95. The van der Waals surface area contributed by atoms with Crippen LogP contribution in [0.15, 0.2) is 6.33 Å². The smallest absolute Gasteiger partial charge is 0.354 e. The predicted octanol–water partition coefficient (Wildman–Crippen LogP) is 0.423. The summed E-state index contributed by atoms with van der Waals surface area (Å²) >= 11 is 0. The van der Waals surface area contributed by atoms with Crippen LogP contribution in [0.3, 0.4) is 0 Å². The summed E-state index contributed by atoms with van der Waals surface area (Å²) in [7, 11) is 3.94. The highest BCUT2D eigenvalue weighted by molar-refractivity contribution is 5.68. The molecule has 9 heteroatoms. The number of nitrogen functional groups attached to an aromatic ring is 1. The van der Waals surface area contributed by atoms with Crippen LogP contribution < -0.4 is 16.6 Å². The first kappa shape index (κ1) is 15.1. The van der Waals surface area contributed by atoms with Gasteiger partial charge in [0.25, 0.3) is 0 Å². The Morgan fingerprint density at radius 1 is 1.47 bits per heavy atom. The topological polar surface area (TPSA) is 122 Å². The number of hydrogen-bond donors (Lipinski definition) is 3. The molecule has 1 unspecified atom stereocenters. The highest BCUT2D eigenvalue weighted by Crippen LogP contribution is 2.28. The zero-order chi connectivity index (χ0) is 14.4. The molecule has 0 aliphatic carbocycles. The molecule has 1 heterocycles. The van der Waals surface area contributed by atoms with Crippen molar-refractivity contribution >= 4 is 17.3 Å². The van der Waals surface area contributed by atoms with Gasteiger partial charge < -0.3 is 15.6 Å². The maximum Gasteiger partial charge on any atom is 0.354 e. The summed E-state index contributed by atoms with van der Waals surface area (Å²) in [6.45, 7) is 2.81. The van der Waals surface area contributed by atoms with Gasteiger partial charge in [-0.15, -0.1) is 0 Å². The van der Waals surface area contributed by atoms with E-state index in [1.165, 1.54) is 6.33 Å². The van der Waals surface area contributed by atoms with Crippen molar-refractivity contribution in [3.05, 3.63) is 16.4 Å². The zero-order valence-corrected chi connectivity index (χ0v) is 11.3. The van der Waals surface area contributed by atoms with Crippen molar-refractivity contribution < 1.29 is 4.92 Å². The Morgan fingerprint density at radius 3 is 2.63 bits per heavy atom. The first-order valence-electron chi connectivity index (χ1n) is 5.83. The summed E-state index contributed by atoms with van der Waals surface area (Å²) < 4.78 is 0. The van der Waals surface area contributed by atoms with Gasteiger partial charge in [-0.2, -0.15) is 0 Å². The molecule has 19 heavy (non-hydrogen) atoms. The molecule has 0 spiro atoms. The van der Waals surface area contributed by atoms with Gasteiger partial charge in [-0.1, -0.05) is 0 Å². The average molecular weight is 269 g/mol. The third kappa shape index (κ3) is 4.30. The van der Waals surface area contributed by atoms with Crippen molar-refractivity contribution in [2.24, 2.45) is 5.84 Å². The molecular formula is C10H19N7O2. The van der Waals surface area contributed by atoms with Gasteiger partial charge in [0.05, 0.1) is 4.92 Å². The molecule has 0 aromatic carbocycles. The zero-order valence-electron chi connectivity index (χ0n) is 11.3. The minimum atomic E-state index is -0.559. The lowest BCUT2D eigenvalue weighted by Crippen LogP contribution is -2.24. The maximum atomic E-state index is 11.0. The highest BCUT2D eigenvalue weighted by Gasteiger charge is 2.23. The third-order valence-corrected chi connectivity index (χ3v) is 2.53. The Morgan fingerprint density at radius 2 is 2.11 bits per heavy atom. The van der Waals surface area contributed by atoms with Gasteiger partial charge in [-0.05, 0) is 34.0 Å². The summed E-state index contributed by atoms with van der Waals surface area (Å²) in [6, 6.07) is 0.0432. The van der Waals surface area contributed by atoms with Crippen molar-refractivity contribution in [3.8, 4) is 0 Å². The van der Waals surface area contributed by atoms with Crippen LogP contribution in [0.5, 0.6) is 0 Å². The molecule has 1 aromatic heterocycles. The SMILES string of the molecule is CC(CCN(C)C)Nc1ncnc(NN)c1[N+](=O)[O-]. The first-order valence-corrected chi connectivity index (χ1v) is 5.83. The molecule has 1 rings (SSSR count). The predicted molar refractivity (Wildman–Crippen MR) is 72.8 cm³/mol. The van der Waals surface area contributed by atoms with Crippen molar-refractivity contribution in [1.82, 2.24) is 14.9 Å². The van der Waals surface area contributed by atoms with E-state index in [0.29, 0.717) is 0 Å². The second-order valence-corrected chi connectivity index (χ2v) is 4.46. The fourth-order valence-corrected chi connectivity index (χ4v) is 1.52. The summed E-state index contributed by atoms with van der Waals surface area (Å²) in [5, 5.41) is 14.0. The van der Waals surface area contributed by atoms with E-state index in [2.05, 4.69) is 20.7 Å². The van der Waals surface area contributed by atoms with Crippen LogP contribution in [0, 0.1) is 10.1 Å². The van der Waals surface area contributed by atoms with Crippen LogP contribution in [0.2, 0.25) is 0 Å². The van der Waals surface area contributed by atoms with Crippen molar-refractivity contribution in [1.29, 1.82) is 0 Å².